The second-order valence-electron chi connectivity index (χ2n) is 5.08. The first kappa shape index (κ1) is 14.0. The number of hydrogen-bond acceptors (Lipinski definition) is 4. The lowest BCUT2D eigenvalue weighted by atomic mass is 9.91. The van der Waals surface area contributed by atoms with Crippen molar-refractivity contribution >= 4 is 17.7 Å². The SMILES string of the molecule is O=C1CCC(=O)N1CCC(=O)N(CCO)C1CCC1. The van der Waals surface area contributed by atoms with E-state index in [9.17, 15) is 14.4 Å². The topological polar surface area (TPSA) is 77.9 Å². The van der Waals surface area contributed by atoms with E-state index in [0.29, 0.717) is 6.54 Å². The van der Waals surface area contributed by atoms with Gasteiger partial charge >= 0.3 is 0 Å². The number of amides is 3. The first-order chi connectivity index (χ1) is 9.13. The van der Waals surface area contributed by atoms with Gasteiger partial charge in [-0.15, -0.1) is 0 Å². The predicted molar refractivity (Wildman–Crippen MR) is 67.0 cm³/mol. The molecule has 1 heterocycles. The first-order valence-corrected chi connectivity index (χ1v) is 6.87. The number of imide groups is 1. The highest BCUT2D eigenvalue weighted by Crippen LogP contribution is 2.25. The fourth-order valence-electron chi connectivity index (χ4n) is 2.54. The molecular weight excluding hydrogens is 248 g/mol. The number of hydrogen-bond donors (Lipinski definition) is 1. The van der Waals surface area contributed by atoms with E-state index in [4.69, 9.17) is 5.11 Å². The van der Waals surface area contributed by atoms with Crippen LogP contribution in [0.25, 0.3) is 0 Å². The summed E-state index contributed by atoms with van der Waals surface area (Å²) >= 11 is 0. The van der Waals surface area contributed by atoms with Crippen molar-refractivity contribution in [2.75, 3.05) is 19.7 Å². The molecule has 3 amide bonds. The van der Waals surface area contributed by atoms with Crippen LogP contribution in [0.1, 0.15) is 38.5 Å². The summed E-state index contributed by atoms with van der Waals surface area (Å²) in [6.07, 6.45) is 3.75. The van der Waals surface area contributed by atoms with Crippen molar-refractivity contribution in [2.24, 2.45) is 0 Å². The average molecular weight is 268 g/mol. The Morgan fingerprint density at radius 2 is 1.89 bits per heavy atom. The van der Waals surface area contributed by atoms with E-state index >= 15 is 0 Å². The molecule has 2 fully saturated rings. The van der Waals surface area contributed by atoms with Gasteiger partial charge < -0.3 is 10.0 Å². The Morgan fingerprint density at radius 1 is 1.26 bits per heavy atom. The number of aliphatic hydroxyl groups excluding tert-OH is 1. The van der Waals surface area contributed by atoms with Crippen LogP contribution in [0.4, 0.5) is 0 Å². The van der Waals surface area contributed by atoms with Crippen LogP contribution in [0.15, 0.2) is 0 Å². The number of nitrogens with zero attached hydrogens (tertiary/aromatic N) is 2. The Balaban J connectivity index is 1.84. The van der Waals surface area contributed by atoms with Crippen molar-refractivity contribution in [1.82, 2.24) is 9.80 Å². The van der Waals surface area contributed by atoms with Crippen LogP contribution in [-0.4, -0.2) is 58.4 Å². The van der Waals surface area contributed by atoms with Crippen LogP contribution in [-0.2, 0) is 14.4 Å². The van der Waals surface area contributed by atoms with Crippen LogP contribution < -0.4 is 0 Å². The molecule has 0 aromatic rings. The quantitative estimate of drug-likeness (QED) is 0.682. The highest BCUT2D eigenvalue weighted by atomic mass is 16.3. The molecule has 0 aromatic carbocycles. The number of rotatable bonds is 6. The normalized spacial score (nSPS) is 19.7. The van der Waals surface area contributed by atoms with Crippen LogP contribution in [0.5, 0.6) is 0 Å². The van der Waals surface area contributed by atoms with E-state index in [-0.39, 0.29) is 56.2 Å². The van der Waals surface area contributed by atoms with Crippen LogP contribution in [0.2, 0.25) is 0 Å². The van der Waals surface area contributed by atoms with Gasteiger partial charge in [-0.1, -0.05) is 0 Å². The Bertz CT molecular complexity index is 363. The summed E-state index contributed by atoms with van der Waals surface area (Å²) in [6, 6.07) is 0.227. The molecule has 0 spiro atoms. The summed E-state index contributed by atoms with van der Waals surface area (Å²) in [4.78, 5) is 37.8. The van der Waals surface area contributed by atoms with E-state index < -0.39 is 0 Å². The summed E-state index contributed by atoms with van der Waals surface area (Å²) in [7, 11) is 0. The molecule has 1 saturated carbocycles. The molecule has 0 bridgehead atoms. The second-order valence-corrected chi connectivity index (χ2v) is 5.08. The van der Waals surface area contributed by atoms with E-state index in [1.807, 2.05) is 0 Å². The number of carbonyl (C=O) groups excluding carboxylic acids is 3. The highest BCUT2D eigenvalue weighted by molar-refractivity contribution is 6.02. The van der Waals surface area contributed by atoms with Crippen molar-refractivity contribution in [3.05, 3.63) is 0 Å². The fraction of sp³-hybridized carbons (Fsp3) is 0.769. The monoisotopic (exact) mass is 268 g/mol. The van der Waals surface area contributed by atoms with Gasteiger partial charge in [-0.25, -0.2) is 0 Å². The van der Waals surface area contributed by atoms with Gasteiger partial charge in [0.15, 0.2) is 0 Å². The molecule has 0 atom stereocenters. The zero-order chi connectivity index (χ0) is 13.8. The molecule has 1 saturated heterocycles. The van der Waals surface area contributed by atoms with Gasteiger partial charge in [-0.2, -0.15) is 0 Å². The van der Waals surface area contributed by atoms with Gasteiger partial charge in [0.25, 0.3) is 0 Å². The fourth-order valence-corrected chi connectivity index (χ4v) is 2.54. The van der Waals surface area contributed by atoms with E-state index in [1.54, 1.807) is 4.90 Å². The summed E-state index contributed by atoms with van der Waals surface area (Å²) in [6.45, 7) is 0.459. The standard InChI is InChI=1S/C13H20N2O4/c16-9-8-14(10-2-1-3-10)13(19)6-7-15-11(17)4-5-12(15)18/h10,16H,1-9H2. The Labute approximate surface area is 112 Å². The van der Waals surface area contributed by atoms with Crippen LogP contribution in [0, 0.1) is 0 Å². The minimum absolute atomic E-state index is 0.0518. The van der Waals surface area contributed by atoms with Crippen LogP contribution in [0.3, 0.4) is 0 Å². The summed E-state index contributed by atoms with van der Waals surface area (Å²) in [5.74, 6) is -0.448. The van der Waals surface area contributed by atoms with Crippen LogP contribution >= 0.6 is 0 Å². The Kier molecular flexibility index (Phi) is 4.52. The minimum atomic E-state index is -0.185. The molecule has 106 valence electrons. The van der Waals surface area contributed by atoms with Gasteiger partial charge in [0.1, 0.15) is 0 Å². The molecule has 1 aliphatic heterocycles. The summed E-state index contributed by atoms with van der Waals surface area (Å²) in [5, 5.41) is 9.01. The second kappa shape index (κ2) is 6.14. The third-order valence-corrected chi connectivity index (χ3v) is 3.88. The molecule has 0 aromatic heterocycles. The maximum Gasteiger partial charge on any atom is 0.229 e. The van der Waals surface area contributed by atoms with Gasteiger partial charge in [0, 0.05) is 38.4 Å². The summed E-state index contributed by atoms with van der Waals surface area (Å²) in [5.41, 5.74) is 0. The smallest absolute Gasteiger partial charge is 0.229 e. The predicted octanol–water partition coefficient (Wildman–Crippen LogP) is -0.101. The third-order valence-electron chi connectivity index (χ3n) is 3.88. The number of carbonyl (C=O) groups is 3. The van der Waals surface area contributed by atoms with Gasteiger partial charge in [-0.3, -0.25) is 19.3 Å². The molecule has 6 nitrogen and oxygen atoms in total. The molecule has 19 heavy (non-hydrogen) atoms. The minimum Gasteiger partial charge on any atom is -0.395 e. The molecule has 0 unspecified atom stereocenters. The van der Waals surface area contributed by atoms with E-state index in [2.05, 4.69) is 0 Å². The molecule has 0 radical (unpaired) electrons. The molecule has 2 rings (SSSR count). The number of likely N-dealkylation sites (tertiary alicyclic amines) is 1. The lowest BCUT2D eigenvalue weighted by Gasteiger charge is -2.37. The molecule has 1 aliphatic carbocycles. The highest BCUT2D eigenvalue weighted by Gasteiger charge is 2.31. The van der Waals surface area contributed by atoms with E-state index in [0.717, 1.165) is 19.3 Å². The lowest BCUT2D eigenvalue weighted by molar-refractivity contribution is -0.140. The van der Waals surface area contributed by atoms with Crippen molar-refractivity contribution in [1.29, 1.82) is 0 Å². The lowest BCUT2D eigenvalue weighted by Crippen LogP contribution is -2.46. The molecular formula is C13H20N2O4. The van der Waals surface area contributed by atoms with Gasteiger partial charge in [0.2, 0.25) is 17.7 Å². The maximum absolute atomic E-state index is 12.1. The molecule has 1 N–H and O–H groups in total. The summed E-state index contributed by atoms with van der Waals surface area (Å²) < 4.78 is 0. The van der Waals surface area contributed by atoms with Crippen molar-refractivity contribution in [3.63, 3.8) is 0 Å². The van der Waals surface area contributed by atoms with E-state index in [1.165, 1.54) is 4.90 Å². The third kappa shape index (κ3) is 3.12. The van der Waals surface area contributed by atoms with Crippen molar-refractivity contribution in [3.8, 4) is 0 Å². The maximum atomic E-state index is 12.1. The van der Waals surface area contributed by atoms with Crippen molar-refractivity contribution in [2.45, 2.75) is 44.6 Å². The van der Waals surface area contributed by atoms with Gasteiger partial charge in [0.05, 0.1) is 6.61 Å². The first-order valence-electron chi connectivity index (χ1n) is 6.87. The molecule has 6 heteroatoms. The largest absolute Gasteiger partial charge is 0.395 e. The zero-order valence-electron chi connectivity index (χ0n) is 11.0. The zero-order valence-corrected chi connectivity index (χ0v) is 11.0. The van der Waals surface area contributed by atoms with Gasteiger partial charge in [-0.05, 0) is 19.3 Å². The Morgan fingerprint density at radius 3 is 2.37 bits per heavy atom. The van der Waals surface area contributed by atoms with Crippen molar-refractivity contribution < 1.29 is 19.5 Å². The Hall–Kier alpha value is -1.43. The number of aliphatic hydroxyl groups is 1. The average Bonchev–Trinajstić information content (AvgIpc) is 2.63. The molecule has 2 aliphatic rings.